The van der Waals surface area contributed by atoms with E-state index in [1.165, 1.54) is 4.90 Å². The van der Waals surface area contributed by atoms with E-state index in [0.29, 0.717) is 0 Å². The predicted molar refractivity (Wildman–Crippen MR) is 73.6 cm³/mol. The number of hydrogen-bond donors (Lipinski definition) is 0. The summed E-state index contributed by atoms with van der Waals surface area (Å²) in [6, 6.07) is 17.8. The monoisotopic (exact) mass is 242 g/mol. The number of hydrogen-bond acceptors (Lipinski definition) is 2. The van der Waals surface area contributed by atoms with Gasteiger partial charge in [0.05, 0.1) is 0 Å². The van der Waals surface area contributed by atoms with Gasteiger partial charge in [-0.05, 0) is 48.2 Å². The van der Waals surface area contributed by atoms with E-state index < -0.39 is 0 Å². The van der Waals surface area contributed by atoms with Crippen molar-refractivity contribution < 1.29 is 4.74 Å². The lowest BCUT2D eigenvalue weighted by Gasteiger charge is -2.06. The molecule has 0 saturated carbocycles. The normalized spacial score (nSPS) is 9.94. The minimum Gasteiger partial charge on any atom is -0.457 e. The summed E-state index contributed by atoms with van der Waals surface area (Å²) < 4.78 is 5.71. The van der Waals surface area contributed by atoms with Crippen LogP contribution in [0.1, 0.15) is 6.92 Å². The van der Waals surface area contributed by atoms with E-state index in [-0.39, 0.29) is 0 Å². The highest BCUT2D eigenvalue weighted by atomic mass is 32.2. The fourth-order valence-corrected chi connectivity index (χ4v) is 2.08. The summed E-state index contributed by atoms with van der Waals surface area (Å²) in [6.45, 7) is 5.87. The molecule has 2 aromatic rings. The fraction of sp³-hybridized carbons (Fsp3) is 0.0667. The number of rotatable bonds is 4. The lowest BCUT2D eigenvalue weighted by molar-refractivity contribution is 0.482. The molecular formula is C15H14OS. The van der Waals surface area contributed by atoms with Gasteiger partial charge in [0.15, 0.2) is 0 Å². The highest BCUT2D eigenvalue weighted by Crippen LogP contribution is 2.28. The molecule has 0 amide bonds. The first-order valence-electron chi connectivity index (χ1n) is 5.40. The smallest absolute Gasteiger partial charge is 0.127 e. The van der Waals surface area contributed by atoms with Gasteiger partial charge < -0.3 is 4.74 Å². The Balaban J connectivity index is 2.06. The van der Waals surface area contributed by atoms with Crippen LogP contribution in [0.3, 0.4) is 0 Å². The van der Waals surface area contributed by atoms with Crippen LogP contribution in [0.2, 0.25) is 0 Å². The summed E-state index contributed by atoms with van der Waals surface area (Å²) >= 11 is 1.66. The van der Waals surface area contributed by atoms with Crippen LogP contribution in [-0.2, 0) is 0 Å². The molecule has 0 aromatic heterocycles. The second-order valence-electron chi connectivity index (χ2n) is 3.69. The molecule has 2 heteroatoms. The summed E-state index contributed by atoms with van der Waals surface area (Å²) in [7, 11) is 0. The minimum absolute atomic E-state index is 0.849. The maximum atomic E-state index is 5.71. The minimum atomic E-state index is 0.849. The van der Waals surface area contributed by atoms with E-state index in [4.69, 9.17) is 4.74 Å². The Morgan fingerprint density at radius 2 is 1.53 bits per heavy atom. The molecule has 0 atom stereocenters. The molecule has 0 bridgehead atoms. The fourth-order valence-electron chi connectivity index (χ4n) is 1.40. The highest BCUT2D eigenvalue weighted by Gasteiger charge is 1.98. The van der Waals surface area contributed by atoms with Crippen LogP contribution in [0.15, 0.2) is 71.0 Å². The zero-order chi connectivity index (χ0) is 12.1. The van der Waals surface area contributed by atoms with Crippen LogP contribution in [0.4, 0.5) is 0 Å². The van der Waals surface area contributed by atoms with Crippen LogP contribution >= 0.6 is 11.8 Å². The Morgan fingerprint density at radius 3 is 2.12 bits per heavy atom. The van der Waals surface area contributed by atoms with Crippen molar-refractivity contribution in [3.8, 4) is 11.5 Å². The largest absolute Gasteiger partial charge is 0.457 e. The van der Waals surface area contributed by atoms with Gasteiger partial charge in [0, 0.05) is 4.90 Å². The van der Waals surface area contributed by atoms with Crippen LogP contribution in [-0.4, -0.2) is 0 Å². The van der Waals surface area contributed by atoms with Crippen LogP contribution in [0, 0.1) is 0 Å². The van der Waals surface area contributed by atoms with Crippen molar-refractivity contribution in [2.75, 3.05) is 0 Å². The first kappa shape index (κ1) is 11.8. The molecule has 0 radical (unpaired) electrons. The maximum absolute atomic E-state index is 5.71. The molecule has 1 nitrogen and oxygen atoms in total. The van der Waals surface area contributed by atoms with E-state index in [9.17, 15) is 0 Å². The quantitative estimate of drug-likeness (QED) is 0.689. The van der Waals surface area contributed by atoms with Gasteiger partial charge in [-0.15, -0.1) is 0 Å². The molecule has 0 aliphatic carbocycles. The summed E-state index contributed by atoms with van der Waals surface area (Å²) in [5.41, 5.74) is 0. The van der Waals surface area contributed by atoms with Crippen molar-refractivity contribution in [3.05, 3.63) is 66.1 Å². The molecule has 0 aliphatic rings. The van der Waals surface area contributed by atoms with E-state index in [0.717, 1.165) is 16.4 Å². The van der Waals surface area contributed by atoms with Gasteiger partial charge in [0.1, 0.15) is 11.5 Å². The highest BCUT2D eigenvalue weighted by molar-refractivity contribution is 8.03. The number of thioether (sulfide) groups is 1. The molecule has 0 N–H and O–H groups in total. The van der Waals surface area contributed by atoms with Crippen molar-refractivity contribution in [2.24, 2.45) is 0 Å². The Labute approximate surface area is 106 Å². The molecule has 0 saturated heterocycles. The Kier molecular flexibility index (Phi) is 3.89. The predicted octanol–water partition coefficient (Wildman–Crippen LogP) is 5.10. The van der Waals surface area contributed by atoms with Gasteiger partial charge in [0.2, 0.25) is 0 Å². The van der Waals surface area contributed by atoms with Gasteiger partial charge in [-0.2, -0.15) is 0 Å². The van der Waals surface area contributed by atoms with E-state index >= 15 is 0 Å². The average Bonchev–Trinajstić information content (AvgIpc) is 2.32. The standard InChI is InChI=1S/C15H14OS/c1-12(2)17-15-10-8-14(9-11-15)16-13-6-4-3-5-7-13/h3-11H,1H2,2H3. The van der Waals surface area contributed by atoms with Gasteiger partial charge in [-0.3, -0.25) is 0 Å². The Morgan fingerprint density at radius 1 is 0.941 bits per heavy atom. The van der Waals surface area contributed by atoms with Gasteiger partial charge >= 0.3 is 0 Å². The number of para-hydroxylation sites is 1. The Hall–Kier alpha value is -1.67. The van der Waals surface area contributed by atoms with Gasteiger partial charge in [0.25, 0.3) is 0 Å². The molecular weight excluding hydrogens is 228 g/mol. The van der Waals surface area contributed by atoms with E-state index in [1.54, 1.807) is 11.8 Å². The van der Waals surface area contributed by atoms with E-state index in [1.807, 2.05) is 61.5 Å². The van der Waals surface area contributed by atoms with Gasteiger partial charge in [-0.25, -0.2) is 0 Å². The third-order valence-corrected chi connectivity index (χ3v) is 2.95. The average molecular weight is 242 g/mol. The van der Waals surface area contributed by atoms with Crippen molar-refractivity contribution in [3.63, 3.8) is 0 Å². The Bertz CT molecular complexity index is 488. The maximum Gasteiger partial charge on any atom is 0.127 e. The number of allylic oxidation sites excluding steroid dienone is 1. The second-order valence-corrected chi connectivity index (χ2v) is 5.06. The summed E-state index contributed by atoms with van der Waals surface area (Å²) in [6.07, 6.45) is 0. The topological polar surface area (TPSA) is 9.23 Å². The van der Waals surface area contributed by atoms with Crippen LogP contribution in [0.25, 0.3) is 0 Å². The van der Waals surface area contributed by atoms with Gasteiger partial charge in [-0.1, -0.05) is 36.5 Å². The van der Waals surface area contributed by atoms with Crippen molar-refractivity contribution in [2.45, 2.75) is 11.8 Å². The summed E-state index contributed by atoms with van der Waals surface area (Å²) in [5, 5.41) is 0. The third-order valence-electron chi connectivity index (χ3n) is 2.09. The second kappa shape index (κ2) is 5.60. The molecule has 0 aliphatic heterocycles. The molecule has 17 heavy (non-hydrogen) atoms. The SMILES string of the molecule is C=C(C)Sc1ccc(Oc2ccccc2)cc1. The summed E-state index contributed by atoms with van der Waals surface area (Å²) in [5.74, 6) is 1.70. The van der Waals surface area contributed by atoms with Crippen LogP contribution in [0.5, 0.6) is 11.5 Å². The molecule has 0 unspecified atom stereocenters. The first-order chi connectivity index (χ1) is 8.24. The lowest BCUT2D eigenvalue weighted by atomic mass is 10.3. The van der Waals surface area contributed by atoms with Crippen LogP contribution < -0.4 is 4.74 Å². The lowest BCUT2D eigenvalue weighted by Crippen LogP contribution is -1.83. The van der Waals surface area contributed by atoms with Crippen molar-refractivity contribution in [1.82, 2.24) is 0 Å². The third kappa shape index (κ3) is 3.68. The zero-order valence-corrected chi connectivity index (χ0v) is 10.5. The zero-order valence-electron chi connectivity index (χ0n) is 9.72. The number of benzene rings is 2. The first-order valence-corrected chi connectivity index (χ1v) is 6.22. The van der Waals surface area contributed by atoms with Crippen molar-refractivity contribution >= 4 is 11.8 Å². The molecule has 0 spiro atoms. The number of ether oxygens (including phenoxy) is 1. The molecule has 0 fully saturated rings. The molecule has 2 aromatic carbocycles. The molecule has 0 heterocycles. The summed E-state index contributed by atoms with van der Waals surface area (Å²) in [4.78, 5) is 2.26. The van der Waals surface area contributed by atoms with Crippen molar-refractivity contribution in [1.29, 1.82) is 0 Å². The molecule has 86 valence electrons. The van der Waals surface area contributed by atoms with E-state index in [2.05, 4.69) is 6.58 Å². The molecule has 2 rings (SSSR count).